The first-order chi connectivity index (χ1) is 8.22. The van der Waals surface area contributed by atoms with Crippen LogP contribution in [0.2, 0.25) is 0 Å². The number of rotatable bonds is 3. The van der Waals surface area contributed by atoms with Crippen molar-refractivity contribution in [2.24, 2.45) is 0 Å². The van der Waals surface area contributed by atoms with E-state index in [1.807, 2.05) is 0 Å². The smallest absolute Gasteiger partial charge is 0.251 e. The topological polar surface area (TPSA) is 64.2 Å². The molecule has 0 saturated heterocycles. The van der Waals surface area contributed by atoms with Crippen LogP contribution in [0, 0.1) is 0 Å². The summed E-state index contributed by atoms with van der Waals surface area (Å²) in [7, 11) is 3.14. The largest absolute Gasteiger partial charge is 0.497 e. The van der Waals surface area contributed by atoms with Crippen molar-refractivity contribution >= 4 is 0 Å². The molecule has 1 aromatic carbocycles. The zero-order chi connectivity index (χ0) is 12.3. The van der Waals surface area contributed by atoms with E-state index in [0.717, 1.165) is 5.56 Å². The summed E-state index contributed by atoms with van der Waals surface area (Å²) in [6.45, 7) is 0. The lowest BCUT2D eigenvalue weighted by Crippen LogP contribution is -2.05. The summed E-state index contributed by atoms with van der Waals surface area (Å²) in [6.07, 6.45) is 1.46. The molecule has 0 radical (unpaired) electrons. The Morgan fingerprint density at radius 1 is 1.12 bits per heavy atom. The molecule has 5 heteroatoms. The fourth-order valence-corrected chi connectivity index (χ4v) is 1.46. The fraction of sp³-hybridized carbons (Fsp3) is 0.167. The number of nitrogens with zero attached hydrogens (tertiary/aromatic N) is 1. The highest BCUT2D eigenvalue weighted by Crippen LogP contribution is 2.27. The molecule has 0 saturated carbocycles. The summed E-state index contributed by atoms with van der Waals surface area (Å²) in [6, 6.07) is 6.67. The van der Waals surface area contributed by atoms with E-state index in [2.05, 4.69) is 9.97 Å². The first kappa shape index (κ1) is 11.2. The van der Waals surface area contributed by atoms with Gasteiger partial charge in [0.05, 0.1) is 14.2 Å². The summed E-state index contributed by atoms with van der Waals surface area (Å²) in [5.74, 6) is 1.77. The Hall–Kier alpha value is -2.30. The van der Waals surface area contributed by atoms with E-state index in [1.54, 1.807) is 32.4 Å². The van der Waals surface area contributed by atoms with Crippen LogP contribution in [0.1, 0.15) is 0 Å². The SMILES string of the molecule is COc1cc(OC)cc(-c2nccc(=O)[nH]2)c1. The van der Waals surface area contributed by atoms with Crippen molar-refractivity contribution in [3.63, 3.8) is 0 Å². The highest BCUT2D eigenvalue weighted by Gasteiger charge is 2.05. The average molecular weight is 232 g/mol. The number of nitrogens with one attached hydrogen (secondary N) is 1. The van der Waals surface area contributed by atoms with Crippen molar-refractivity contribution in [1.82, 2.24) is 9.97 Å². The lowest BCUT2D eigenvalue weighted by Gasteiger charge is -2.07. The van der Waals surface area contributed by atoms with Crippen LogP contribution in [-0.4, -0.2) is 24.2 Å². The highest BCUT2D eigenvalue weighted by molar-refractivity contribution is 5.60. The van der Waals surface area contributed by atoms with E-state index in [9.17, 15) is 4.79 Å². The van der Waals surface area contributed by atoms with Gasteiger partial charge in [-0.15, -0.1) is 0 Å². The van der Waals surface area contributed by atoms with Crippen molar-refractivity contribution in [1.29, 1.82) is 0 Å². The van der Waals surface area contributed by atoms with E-state index < -0.39 is 0 Å². The molecule has 1 aromatic heterocycles. The number of methoxy groups -OCH3 is 2. The van der Waals surface area contributed by atoms with Gasteiger partial charge in [0.1, 0.15) is 17.3 Å². The molecule has 0 bridgehead atoms. The number of H-pyrrole nitrogens is 1. The lowest BCUT2D eigenvalue weighted by molar-refractivity contribution is 0.394. The van der Waals surface area contributed by atoms with Gasteiger partial charge in [-0.25, -0.2) is 4.98 Å². The van der Waals surface area contributed by atoms with Crippen molar-refractivity contribution in [2.45, 2.75) is 0 Å². The summed E-state index contributed by atoms with van der Waals surface area (Å²) in [5.41, 5.74) is 0.538. The Balaban J connectivity index is 2.54. The molecule has 0 atom stereocenters. The van der Waals surface area contributed by atoms with Crippen LogP contribution in [0.15, 0.2) is 35.3 Å². The second-order valence-electron chi connectivity index (χ2n) is 3.38. The van der Waals surface area contributed by atoms with Gasteiger partial charge in [-0.3, -0.25) is 4.79 Å². The second-order valence-corrected chi connectivity index (χ2v) is 3.38. The molecule has 2 rings (SSSR count). The van der Waals surface area contributed by atoms with Crippen LogP contribution in [0.25, 0.3) is 11.4 Å². The molecule has 1 heterocycles. The summed E-state index contributed by atoms with van der Waals surface area (Å²) in [4.78, 5) is 18.0. The Labute approximate surface area is 98.0 Å². The number of hydrogen-bond donors (Lipinski definition) is 1. The number of hydrogen-bond acceptors (Lipinski definition) is 4. The van der Waals surface area contributed by atoms with Crippen molar-refractivity contribution in [3.8, 4) is 22.9 Å². The Kier molecular flexibility index (Phi) is 3.09. The van der Waals surface area contributed by atoms with Gasteiger partial charge in [0.15, 0.2) is 0 Å². The average Bonchev–Trinajstić information content (AvgIpc) is 2.38. The molecule has 0 aliphatic heterocycles. The van der Waals surface area contributed by atoms with Crippen LogP contribution in [0.4, 0.5) is 0 Å². The number of aromatic amines is 1. The Morgan fingerprint density at radius 2 is 1.76 bits per heavy atom. The summed E-state index contributed by atoms with van der Waals surface area (Å²) < 4.78 is 10.3. The zero-order valence-electron chi connectivity index (χ0n) is 9.56. The highest BCUT2D eigenvalue weighted by atomic mass is 16.5. The van der Waals surface area contributed by atoms with Crippen LogP contribution in [-0.2, 0) is 0 Å². The molecule has 5 nitrogen and oxygen atoms in total. The molecule has 0 aliphatic rings. The molecular weight excluding hydrogens is 220 g/mol. The van der Waals surface area contributed by atoms with E-state index in [4.69, 9.17) is 9.47 Å². The predicted molar refractivity (Wildman–Crippen MR) is 63.4 cm³/mol. The van der Waals surface area contributed by atoms with E-state index in [-0.39, 0.29) is 5.56 Å². The molecule has 0 aliphatic carbocycles. The van der Waals surface area contributed by atoms with Crippen molar-refractivity contribution in [2.75, 3.05) is 14.2 Å². The third-order valence-corrected chi connectivity index (χ3v) is 2.30. The van der Waals surface area contributed by atoms with Gasteiger partial charge >= 0.3 is 0 Å². The van der Waals surface area contributed by atoms with E-state index in [0.29, 0.717) is 17.3 Å². The minimum Gasteiger partial charge on any atom is -0.497 e. The number of benzene rings is 1. The molecule has 17 heavy (non-hydrogen) atoms. The third kappa shape index (κ3) is 2.44. The van der Waals surface area contributed by atoms with Crippen LogP contribution < -0.4 is 15.0 Å². The molecule has 0 spiro atoms. The van der Waals surface area contributed by atoms with Crippen molar-refractivity contribution in [3.05, 3.63) is 40.8 Å². The zero-order valence-corrected chi connectivity index (χ0v) is 9.56. The molecule has 88 valence electrons. The monoisotopic (exact) mass is 232 g/mol. The Bertz CT molecular complexity index is 556. The molecule has 2 aromatic rings. The van der Waals surface area contributed by atoms with Gasteiger partial charge in [0, 0.05) is 23.9 Å². The maximum atomic E-state index is 11.2. The third-order valence-electron chi connectivity index (χ3n) is 2.30. The molecular formula is C12H12N2O3. The lowest BCUT2D eigenvalue weighted by atomic mass is 10.2. The van der Waals surface area contributed by atoms with E-state index >= 15 is 0 Å². The van der Waals surface area contributed by atoms with Gasteiger partial charge in [-0.2, -0.15) is 0 Å². The van der Waals surface area contributed by atoms with Gasteiger partial charge in [0.25, 0.3) is 5.56 Å². The Morgan fingerprint density at radius 3 is 2.29 bits per heavy atom. The minimum absolute atomic E-state index is 0.197. The fourth-order valence-electron chi connectivity index (χ4n) is 1.46. The number of aromatic nitrogens is 2. The standard InChI is InChI=1S/C12H12N2O3/c1-16-9-5-8(6-10(7-9)17-2)12-13-4-3-11(15)14-12/h3-7H,1-2H3,(H,13,14,15). The summed E-state index contributed by atoms with van der Waals surface area (Å²) in [5, 5.41) is 0. The normalized spacial score (nSPS) is 10.0. The van der Waals surface area contributed by atoms with Crippen LogP contribution in [0.5, 0.6) is 11.5 Å². The minimum atomic E-state index is -0.197. The van der Waals surface area contributed by atoms with Crippen LogP contribution in [0.3, 0.4) is 0 Å². The van der Waals surface area contributed by atoms with E-state index in [1.165, 1.54) is 12.3 Å². The summed E-state index contributed by atoms with van der Waals surface area (Å²) >= 11 is 0. The first-order valence-corrected chi connectivity index (χ1v) is 5.01. The maximum absolute atomic E-state index is 11.2. The molecule has 1 N–H and O–H groups in total. The van der Waals surface area contributed by atoms with Crippen LogP contribution >= 0.6 is 0 Å². The molecule has 0 fully saturated rings. The second kappa shape index (κ2) is 4.69. The first-order valence-electron chi connectivity index (χ1n) is 5.01. The van der Waals surface area contributed by atoms with Crippen molar-refractivity contribution < 1.29 is 9.47 Å². The van der Waals surface area contributed by atoms with Gasteiger partial charge < -0.3 is 14.5 Å². The maximum Gasteiger partial charge on any atom is 0.251 e. The van der Waals surface area contributed by atoms with Gasteiger partial charge in [-0.1, -0.05) is 0 Å². The molecule has 0 amide bonds. The quantitative estimate of drug-likeness (QED) is 0.870. The number of ether oxygens (including phenoxy) is 2. The molecule has 0 unspecified atom stereocenters. The predicted octanol–water partition coefficient (Wildman–Crippen LogP) is 1.45. The van der Waals surface area contributed by atoms with Gasteiger partial charge in [-0.05, 0) is 12.1 Å². The van der Waals surface area contributed by atoms with Gasteiger partial charge in [0.2, 0.25) is 0 Å².